The summed E-state index contributed by atoms with van der Waals surface area (Å²) in [5.41, 5.74) is 1.15. The largest absolute Gasteiger partial charge is 0.385 e. The number of ether oxygens (including phenoxy) is 2. The molecule has 0 atom stereocenters. The van der Waals surface area contributed by atoms with E-state index in [1.54, 1.807) is 18.4 Å². The minimum atomic E-state index is 0.0995. The molecule has 0 spiro atoms. The van der Waals surface area contributed by atoms with Gasteiger partial charge in [0.15, 0.2) is 5.96 Å². The summed E-state index contributed by atoms with van der Waals surface area (Å²) in [5.74, 6) is 0.987. The average Bonchev–Trinajstić information content (AvgIpc) is 3.12. The SMILES string of the molecule is CCNC(=NCc1csc(C(C)(C)C)n1)N1CCC(OCCCOC)CC1. The number of nitrogens with one attached hydrogen (secondary N) is 1. The van der Waals surface area contributed by atoms with Crippen molar-refractivity contribution in [1.29, 1.82) is 0 Å². The van der Waals surface area contributed by atoms with Crippen LogP contribution in [0.4, 0.5) is 0 Å². The Labute approximate surface area is 168 Å². The Morgan fingerprint density at radius 2 is 2.07 bits per heavy atom. The van der Waals surface area contributed by atoms with Crippen molar-refractivity contribution in [3.8, 4) is 0 Å². The molecule has 0 unspecified atom stereocenters. The highest BCUT2D eigenvalue weighted by atomic mass is 32.1. The van der Waals surface area contributed by atoms with E-state index >= 15 is 0 Å². The highest BCUT2D eigenvalue weighted by molar-refractivity contribution is 7.09. The van der Waals surface area contributed by atoms with E-state index in [4.69, 9.17) is 19.5 Å². The van der Waals surface area contributed by atoms with Crippen molar-refractivity contribution in [3.05, 3.63) is 16.1 Å². The number of piperidine rings is 1. The van der Waals surface area contributed by atoms with E-state index in [-0.39, 0.29) is 5.41 Å². The monoisotopic (exact) mass is 396 g/mol. The Kier molecular flexibility index (Phi) is 8.99. The summed E-state index contributed by atoms with van der Waals surface area (Å²) in [6.45, 7) is 13.7. The maximum Gasteiger partial charge on any atom is 0.194 e. The molecule has 1 aliphatic heterocycles. The van der Waals surface area contributed by atoms with E-state index in [0.29, 0.717) is 12.6 Å². The molecule has 2 heterocycles. The summed E-state index contributed by atoms with van der Waals surface area (Å²) in [4.78, 5) is 11.9. The van der Waals surface area contributed by atoms with Crippen LogP contribution in [0.1, 0.15) is 57.7 Å². The first-order valence-corrected chi connectivity index (χ1v) is 10.9. The molecule has 1 fully saturated rings. The van der Waals surface area contributed by atoms with Gasteiger partial charge in [-0.25, -0.2) is 9.98 Å². The molecular formula is C20H36N4O2S. The van der Waals surface area contributed by atoms with Crippen LogP contribution in [-0.2, 0) is 21.4 Å². The van der Waals surface area contributed by atoms with Gasteiger partial charge >= 0.3 is 0 Å². The fourth-order valence-corrected chi connectivity index (χ4v) is 3.89. The van der Waals surface area contributed by atoms with Gasteiger partial charge in [0.25, 0.3) is 0 Å². The zero-order chi connectivity index (χ0) is 19.7. The third-order valence-corrected chi connectivity index (χ3v) is 5.82. The molecule has 1 aromatic heterocycles. The van der Waals surface area contributed by atoms with Gasteiger partial charge in [-0.2, -0.15) is 0 Å². The van der Waals surface area contributed by atoms with Gasteiger partial charge in [0.2, 0.25) is 0 Å². The maximum atomic E-state index is 5.96. The lowest BCUT2D eigenvalue weighted by Crippen LogP contribution is -2.47. The zero-order valence-electron chi connectivity index (χ0n) is 17.6. The van der Waals surface area contributed by atoms with Gasteiger partial charge in [0.1, 0.15) is 0 Å². The third kappa shape index (κ3) is 7.39. The van der Waals surface area contributed by atoms with Gasteiger partial charge < -0.3 is 19.7 Å². The summed E-state index contributed by atoms with van der Waals surface area (Å²) in [6.07, 6.45) is 3.41. The van der Waals surface area contributed by atoms with Crippen molar-refractivity contribution in [3.63, 3.8) is 0 Å². The van der Waals surface area contributed by atoms with Crippen LogP contribution in [0.15, 0.2) is 10.4 Å². The van der Waals surface area contributed by atoms with Crippen LogP contribution >= 0.6 is 11.3 Å². The van der Waals surface area contributed by atoms with Crippen LogP contribution < -0.4 is 5.32 Å². The molecule has 0 bridgehead atoms. The minimum Gasteiger partial charge on any atom is -0.385 e. The van der Waals surface area contributed by atoms with E-state index in [2.05, 4.69) is 43.3 Å². The minimum absolute atomic E-state index is 0.0995. The number of guanidine groups is 1. The van der Waals surface area contributed by atoms with Crippen LogP contribution in [-0.4, -0.2) is 61.9 Å². The van der Waals surface area contributed by atoms with Crippen LogP contribution in [0.25, 0.3) is 0 Å². The van der Waals surface area contributed by atoms with E-state index < -0.39 is 0 Å². The van der Waals surface area contributed by atoms with Gasteiger partial charge in [-0.1, -0.05) is 20.8 Å². The molecule has 1 N–H and O–H groups in total. The third-order valence-electron chi connectivity index (χ3n) is 4.51. The summed E-state index contributed by atoms with van der Waals surface area (Å²) in [5, 5.41) is 6.73. The number of rotatable bonds is 8. The molecule has 1 aliphatic rings. The predicted octanol–water partition coefficient (Wildman–Crippen LogP) is 3.42. The highest BCUT2D eigenvalue weighted by Gasteiger charge is 2.22. The van der Waals surface area contributed by atoms with Crippen LogP contribution in [0, 0.1) is 0 Å². The van der Waals surface area contributed by atoms with E-state index in [1.807, 2.05) is 0 Å². The molecule has 27 heavy (non-hydrogen) atoms. The number of hydrogen-bond donors (Lipinski definition) is 1. The maximum absolute atomic E-state index is 5.96. The molecular weight excluding hydrogens is 360 g/mol. The van der Waals surface area contributed by atoms with E-state index in [0.717, 1.165) is 63.8 Å². The number of aliphatic imine (C=N–C) groups is 1. The van der Waals surface area contributed by atoms with Crippen LogP contribution in [0.5, 0.6) is 0 Å². The number of nitrogens with zero attached hydrogens (tertiary/aromatic N) is 3. The van der Waals surface area contributed by atoms with Gasteiger partial charge in [-0.05, 0) is 26.2 Å². The molecule has 6 nitrogen and oxygen atoms in total. The van der Waals surface area contributed by atoms with E-state index in [1.165, 1.54) is 5.01 Å². The van der Waals surface area contributed by atoms with Crippen molar-refractivity contribution in [2.45, 2.75) is 65.0 Å². The van der Waals surface area contributed by atoms with Crippen molar-refractivity contribution < 1.29 is 9.47 Å². The molecule has 0 radical (unpaired) electrons. The van der Waals surface area contributed by atoms with Crippen LogP contribution in [0.3, 0.4) is 0 Å². The fourth-order valence-electron chi connectivity index (χ4n) is 2.99. The first-order valence-electron chi connectivity index (χ1n) is 10.0. The van der Waals surface area contributed by atoms with Crippen molar-refractivity contribution >= 4 is 17.3 Å². The summed E-state index contributed by atoms with van der Waals surface area (Å²) in [7, 11) is 1.73. The van der Waals surface area contributed by atoms with Gasteiger partial charge in [-0.3, -0.25) is 0 Å². The van der Waals surface area contributed by atoms with E-state index in [9.17, 15) is 0 Å². The average molecular weight is 397 g/mol. The lowest BCUT2D eigenvalue weighted by atomic mass is 9.98. The topological polar surface area (TPSA) is 59.0 Å². The van der Waals surface area contributed by atoms with Crippen LogP contribution in [0.2, 0.25) is 0 Å². The van der Waals surface area contributed by atoms with Gasteiger partial charge in [0.05, 0.1) is 23.4 Å². The molecule has 2 rings (SSSR count). The number of thiazole rings is 1. The fraction of sp³-hybridized carbons (Fsp3) is 0.800. The second kappa shape index (κ2) is 11.0. The zero-order valence-corrected chi connectivity index (χ0v) is 18.4. The lowest BCUT2D eigenvalue weighted by Gasteiger charge is -2.34. The molecule has 0 aromatic carbocycles. The smallest absolute Gasteiger partial charge is 0.194 e. The predicted molar refractivity (Wildman–Crippen MR) is 113 cm³/mol. The molecule has 0 amide bonds. The molecule has 7 heteroatoms. The Bertz CT molecular complexity index is 575. The Morgan fingerprint density at radius 3 is 2.67 bits per heavy atom. The summed E-state index contributed by atoms with van der Waals surface area (Å²) in [6, 6.07) is 0. The summed E-state index contributed by atoms with van der Waals surface area (Å²) >= 11 is 1.73. The number of methoxy groups -OCH3 is 1. The first kappa shape index (κ1) is 22.1. The van der Waals surface area contributed by atoms with Gasteiger partial charge in [0, 0.05) is 50.8 Å². The quantitative estimate of drug-likeness (QED) is 0.414. The molecule has 1 saturated heterocycles. The lowest BCUT2D eigenvalue weighted by molar-refractivity contribution is 0.00990. The summed E-state index contributed by atoms with van der Waals surface area (Å²) < 4.78 is 11.0. The Hall–Kier alpha value is -1.18. The highest BCUT2D eigenvalue weighted by Crippen LogP contribution is 2.25. The first-order chi connectivity index (χ1) is 12.9. The standard InChI is InChI=1S/C20H36N4O2S/c1-6-21-19(22-14-16-15-27-18(23-16)20(2,3)4)24-10-8-17(9-11-24)26-13-7-12-25-5/h15,17H,6-14H2,1-5H3,(H,21,22). The second-order valence-corrected chi connectivity index (χ2v) is 8.83. The normalized spacial score (nSPS) is 16.8. The molecule has 154 valence electrons. The Morgan fingerprint density at radius 1 is 1.33 bits per heavy atom. The number of likely N-dealkylation sites (tertiary alicyclic amines) is 1. The molecule has 0 aliphatic carbocycles. The Balaban J connectivity index is 1.86. The van der Waals surface area contributed by atoms with Crippen molar-refractivity contribution in [2.75, 3.05) is 40.0 Å². The second-order valence-electron chi connectivity index (χ2n) is 7.97. The number of hydrogen-bond acceptors (Lipinski definition) is 5. The van der Waals surface area contributed by atoms with Crippen molar-refractivity contribution in [1.82, 2.24) is 15.2 Å². The number of aromatic nitrogens is 1. The van der Waals surface area contributed by atoms with Crippen molar-refractivity contribution in [2.24, 2.45) is 4.99 Å². The van der Waals surface area contributed by atoms with Gasteiger partial charge in [-0.15, -0.1) is 11.3 Å². The molecule has 0 saturated carbocycles. The molecule has 1 aromatic rings.